The number of rotatable bonds is 2. The molecule has 1 N–H and O–H groups in total. The smallest absolute Gasteiger partial charge is 0.312 e. The highest BCUT2D eigenvalue weighted by molar-refractivity contribution is 5.48. The molecule has 1 radical (unpaired) electrons. The topological polar surface area (TPSA) is 43.8 Å². The number of aliphatic hydroxyl groups is 1. The summed E-state index contributed by atoms with van der Waals surface area (Å²) in [5.74, 6) is 0. The predicted octanol–water partition coefficient (Wildman–Crippen LogP) is -0.991. The zero-order valence-electron chi connectivity index (χ0n) is 6.66. The summed E-state index contributed by atoms with van der Waals surface area (Å²) in [6.45, 7) is 4.57. The van der Waals surface area contributed by atoms with Gasteiger partial charge in [-0.25, -0.2) is 0 Å². The third-order valence-corrected chi connectivity index (χ3v) is 1.97. The van der Waals surface area contributed by atoms with Gasteiger partial charge in [-0.1, -0.05) is 0 Å². The van der Waals surface area contributed by atoms with Crippen molar-refractivity contribution in [3.05, 3.63) is 0 Å². The van der Waals surface area contributed by atoms with Crippen molar-refractivity contribution in [3.8, 4) is 0 Å². The maximum absolute atomic E-state index is 10.2. The Balaban J connectivity index is 2.29. The van der Waals surface area contributed by atoms with Gasteiger partial charge in [0, 0.05) is 26.2 Å². The highest BCUT2D eigenvalue weighted by Gasteiger charge is 2.18. The highest BCUT2D eigenvalue weighted by atomic mass is 16.3. The van der Waals surface area contributed by atoms with Gasteiger partial charge in [0.1, 0.15) is 6.23 Å². The molecule has 0 aromatic carbocycles. The van der Waals surface area contributed by atoms with E-state index in [0.717, 1.165) is 13.1 Å². The zero-order valence-corrected chi connectivity index (χ0v) is 6.66. The van der Waals surface area contributed by atoms with Gasteiger partial charge in [0.15, 0.2) is 0 Å². The van der Waals surface area contributed by atoms with Gasteiger partial charge in [-0.2, -0.15) is 0 Å². The Morgan fingerprint density at radius 2 is 1.91 bits per heavy atom. The first-order chi connectivity index (χ1) is 5.24. The number of carbonyl (C=O) groups excluding carboxylic acids is 1. The summed E-state index contributed by atoms with van der Waals surface area (Å²) in [4.78, 5) is 13.7. The molecule has 4 heteroatoms. The van der Waals surface area contributed by atoms with Crippen molar-refractivity contribution in [2.75, 3.05) is 26.2 Å². The monoisotopic (exact) mass is 157 g/mol. The largest absolute Gasteiger partial charge is 0.379 e. The molecule has 1 rings (SSSR count). The fourth-order valence-electron chi connectivity index (χ4n) is 1.19. The Hall–Kier alpha value is -0.610. The van der Waals surface area contributed by atoms with E-state index in [1.54, 1.807) is 11.8 Å². The molecule has 0 aromatic rings. The summed E-state index contributed by atoms with van der Waals surface area (Å²) >= 11 is 0. The molecule has 1 aliphatic rings. The molecule has 63 valence electrons. The first kappa shape index (κ1) is 8.49. The lowest BCUT2D eigenvalue weighted by molar-refractivity contribution is -0.00223. The lowest BCUT2D eigenvalue weighted by Crippen LogP contribution is -2.48. The Kier molecular flexibility index (Phi) is 2.84. The molecule has 0 aromatic heterocycles. The number of piperazine rings is 1. The minimum atomic E-state index is -0.399. The van der Waals surface area contributed by atoms with Gasteiger partial charge >= 0.3 is 6.41 Å². The Morgan fingerprint density at radius 1 is 1.36 bits per heavy atom. The molecule has 1 atom stereocenters. The van der Waals surface area contributed by atoms with Crippen LogP contribution in [-0.2, 0) is 4.79 Å². The van der Waals surface area contributed by atoms with Crippen LogP contribution in [0.15, 0.2) is 0 Å². The minimum absolute atomic E-state index is 0.399. The van der Waals surface area contributed by atoms with E-state index >= 15 is 0 Å². The van der Waals surface area contributed by atoms with Crippen LogP contribution in [0.2, 0.25) is 0 Å². The maximum atomic E-state index is 10.2. The molecule has 1 fully saturated rings. The second kappa shape index (κ2) is 3.69. The number of aliphatic hydroxyl groups excluding tert-OH is 1. The lowest BCUT2D eigenvalue weighted by Gasteiger charge is -2.33. The fourth-order valence-corrected chi connectivity index (χ4v) is 1.19. The van der Waals surface area contributed by atoms with E-state index in [1.807, 2.05) is 11.3 Å². The third kappa shape index (κ3) is 2.17. The Bertz CT molecular complexity index is 130. The van der Waals surface area contributed by atoms with E-state index in [1.165, 1.54) is 0 Å². The van der Waals surface area contributed by atoms with Crippen LogP contribution < -0.4 is 0 Å². The van der Waals surface area contributed by atoms with Crippen molar-refractivity contribution >= 4 is 6.41 Å². The number of nitrogens with zero attached hydrogens (tertiary/aromatic N) is 2. The van der Waals surface area contributed by atoms with Crippen LogP contribution in [0.3, 0.4) is 0 Å². The van der Waals surface area contributed by atoms with Gasteiger partial charge in [0.2, 0.25) is 0 Å². The van der Waals surface area contributed by atoms with Crippen molar-refractivity contribution in [1.82, 2.24) is 9.80 Å². The Labute approximate surface area is 66.4 Å². The van der Waals surface area contributed by atoms with E-state index < -0.39 is 6.23 Å². The molecule has 0 bridgehead atoms. The van der Waals surface area contributed by atoms with Crippen LogP contribution in [0.1, 0.15) is 6.92 Å². The standard InChI is InChI=1S/C7H13N2O2/c1-7(11)9-4-2-8(6-10)3-5-9/h7,11H,2-5H2,1H3. The fraction of sp³-hybridized carbons (Fsp3) is 0.857. The molecule has 1 aliphatic heterocycles. The molecule has 1 amide bonds. The molecular weight excluding hydrogens is 144 g/mol. The summed E-state index contributed by atoms with van der Waals surface area (Å²) in [6.07, 6.45) is 1.44. The van der Waals surface area contributed by atoms with Crippen molar-refractivity contribution in [1.29, 1.82) is 0 Å². The van der Waals surface area contributed by atoms with Crippen LogP contribution in [0.25, 0.3) is 0 Å². The summed E-state index contributed by atoms with van der Waals surface area (Å²) < 4.78 is 0. The summed E-state index contributed by atoms with van der Waals surface area (Å²) in [7, 11) is 0. The van der Waals surface area contributed by atoms with Crippen LogP contribution in [0, 0.1) is 0 Å². The minimum Gasteiger partial charge on any atom is -0.379 e. The predicted molar refractivity (Wildman–Crippen MR) is 40.5 cm³/mol. The molecular formula is C7H13N2O2. The second-order valence-corrected chi connectivity index (χ2v) is 2.75. The molecule has 0 aliphatic carbocycles. The summed E-state index contributed by atoms with van der Waals surface area (Å²) in [6, 6.07) is 0. The summed E-state index contributed by atoms with van der Waals surface area (Å²) in [5.41, 5.74) is 0. The van der Waals surface area contributed by atoms with Gasteiger partial charge in [-0.15, -0.1) is 0 Å². The van der Waals surface area contributed by atoms with E-state index in [-0.39, 0.29) is 0 Å². The first-order valence-corrected chi connectivity index (χ1v) is 3.79. The maximum Gasteiger partial charge on any atom is 0.312 e. The van der Waals surface area contributed by atoms with Crippen LogP contribution in [0.4, 0.5) is 0 Å². The average molecular weight is 157 g/mol. The quantitative estimate of drug-likeness (QED) is 0.559. The third-order valence-electron chi connectivity index (χ3n) is 1.97. The van der Waals surface area contributed by atoms with Crippen LogP contribution in [0.5, 0.6) is 0 Å². The van der Waals surface area contributed by atoms with Crippen LogP contribution in [-0.4, -0.2) is 53.7 Å². The molecule has 4 nitrogen and oxygen atoms in total. The van der Waals surface area contributed by atoms with Crippen molar-refractivity contribution in [3.63, 3.8) is 0 Å². The highest BCUT2D eigenvalue weighted by Crippen LogP contribution is 2.01. The van der Waals surface area contributed by atoms with Crippen molar-refractivity contribution < 1.29 is 9.90 Å². The summed E-state index contributed by atoms with van der Waals surface area (Å²) in [5, 5.41) is 9.14. The SMILES string of the molecule is CC(O)N1CCN([C]=O)CC1. The molecule has 1 unspecified atom stereocenters. The molecule has 11 heavy (non-hydrogen) atoms. The zero-order chi connectivity index (χ0) is 8.27. The van der Waals surface area contributed by atoms with E-state index in [4.69, 9.17) is 5.11 Å². The average Bonchev–Trinajstić information content (AvgIpc) is 2.05. The molecule has 1 heterocycles. The van der Waals surface area contributed by atoms with Crippen LogP contribution >= 0.6 is 0 Å². The van der Waals surface area contributed by atoms with E-state index in [0.29, 0.717) is 13.1 Å². The second-order valence-electron chi connectivity index (χ2n) is 2.75. The van der Waals surface area contributed by atoms with Gasteiger partial charge in [-0.05, 0) is 6.92 Å². The van der Waals surface area contributed by atoms with E-state index in [9.17, 15) is 4.79 Å². The Morgan fingerprint density at radius 3 is 2.27 bits per heavy atom. The number of hydrogen-bond acceptors (Lipinski definition) is 3. The van der Waals surface area contributed by atoms with E-state index in [2.05, 4.69) is 0 Å². The van der Waals surface area contributed by atoms with Crippen molar-refractivity contribution in [2.24, 2.45) is 0 Å². The van der Waals surface area contributed by atoms with Gasteiger partial charge in [-0.3, -0.25) is 9.69 Å². The molecule has 0 saturated carbocycles. The number of hydrogen-bond donors (Lipinski definition) is 1. The number of amides is 1. The van der Waals surface area contributed by atoms with Gasteiger partial charge < -0.3 is 10.0 Å². The molecule has 1 saturated heterocycles. The molecule has 0 spiro atoms. The lowest BCUT2D eigenvalue weighted by atomic mass is 10.3. The van der Waals surface area contributed by atoms with Crippen molar-refractivity contribution in [2.45, 2.75) is 13.2 Å². The van der Waals surface area contributed by atoms with Gasteiger partial charge in [0.25, 0.3) is 0 Å². The normalized spacial score (nSPS) is 23.3. The van der Waals surface area contributed by atoms with Gasteiger partial charge in [0.05, 0.1) is 0 Å². The first-order valence-electron chi connectivity index (χ1n) is 3.79.